The molecule has 0 fully saturated rings. The zero-order chi connectivity index (χ0) is 14.1. The van der Waals surface area contributed by atoms with Crippen LogP contribution in [0.3, 0.4) is 0 Å². The first-order valence-electron chi connectivity index (χ1n) is 6.18. The van der Waals surface area contributed by atoms with Crippen LogP contribution in [0.1, 0.15) is 17.4 Å². The summed E-state index contributed by atoms with van der Waals surface area (Å²) in [5, 5.41) is 1.61. The second-order valence-corrected chi connectivity index (χ2v) is 5.00. The summed E-state index contributed by atoms with van der Waals surface area (Å²) in [6, 6.07) is 14.7. The average molecular weight is 288 g/mol. The van der Waals surface area contributed by atoms with Crippen LogP contribution >= 0.6 is 11.6 Å². The molecule has 1 unspecified atom stereocenters. The number of nitrogen functional groups attached to an aromatic ring is 1. The van der Waals surface area contributed by atoms with Gasteiger partial charge in [0.25, 0.3) is 0 Å². The van der Waals surface area contributed by atoms with E-state index in [4.69, 9.17) is 27.6 Å². The van der Waals surface area contributed by atoms with Crippen LogP contribution in [0.4, 0.5) is 5.69 Å². The minimum absolute atomic E-state index is 0.320. The van der Waals surface area contributed by atoms with E-state index >= 15 is 0 Å². The Morgan fingerprint density at radius 3 is 2.60 bits per heavy atom. The van der Waals surface area contributed by atoms with E-state index < -0.39 is 0 Å². The number of halogens is 1. The molecule has 0 aliphatic carbocycles. The van der Waals surface area contributed by atoms with Crippen molar-refractivity contribution in [2.75, 3.05) is 5.73 Å². The maximum atomic E-state index is 6.01. The van der Waals surface area contributed by atoms with Gasteiger partial charge in [-0.15, -0.1) is 0 Å². The molecule has 0 amide bonds. The summed E-state index contributed by atoms with van der Waals surface area (Å²) in [6.45, 7) is 0. The molecule has 0 spiro atoms. The molecule has 0 saturated carbocycles. The second kappa shape index (κ2) is 5.17. The predicted octanol–water partition coefficient (Wildman–Crippen LogP) is 3.22. The standard InChI is InChI=1S/C15H14ClN3O/c16-10-5-6-11(12(17)8-10)15(19-18)14-7-9-3-1-2-4-13(9)20-14/h1-8,15,19H,17-18H2. The molecular formula is C15H14ClN3O. The number of para-hydroxylation sites is 1. The second-order valence-electron chi connectivity index (χ2n) is 4.56. The predicted molar refractivity (Wildman–Crippen MR) is 81.2 cm³/mol. The number of hydrogen-bond donors (Lipinski definition) is 3. The third kappa shape index (κ3) is 2.25. The number of nitrogens with one attached hydrogen (secondary N) is 1. The average Bonchev–Trinajstić information content (AvgIpc) is 2.85. The molecular weight excluding hydrogens is 274 g/mol. The Morgan fingerprint density at radius 2 is 1.90 bits per heavy atom. The molecule has 102 valence electrons. The lowest BCUT2D eigenvalue weighted by Crippen LogP contribution is -2.29. The summed E-state index contributed by atoms with van der Waals surface area (Å²) < 4.78 is 5.83. The Bertz CT molecular complexity index is 721. The highest BCUT2D eigenvalue weighted by Crippen LogP contribution is 2.31. The van der Waals surface area contributed by atoms with Crippen molar-refractivity contribution in [3.05, 3.63) is 64.9 Å². The highest BCUT2D eigenvalue weighted by molar-refractivity contribution is 6.30. The molecule has 0 saturated heterocycles. The van der Waals surface area contributed by atoms with Crippen molar-refractivity contribution >= 4 is 28.3 Å². The Morgan fingerprint density at radius 1 is 1.10 bits per heavy atom. The van der Waals surface area contributed by atoms with Gasteiger partial charge in [-0.25, -0.2) is 5.43 Å². The molecule has 2 aromatic carbocycles. The van der Waals surface area contributed by atoms with E-state index in [9.17, 15) is 0 Å². The quantitative estimate of drug-likeness (QED) is 0.393. The van der Waals surface area contributed by atoms with Gasteiger partial charge in [0.1, 0.15) is 17.4 Å². The Hall–Kier alpha value is -2.01. The number of furan rings is 1. The number of benzene rings is 2. The zero-order valence-electron chi connectivity index (χ0n) is 10.6. The van der Waals surface area contributed by atoms with Crippen LogP contribution in [-0.4, -0.2) is 0 Å². The van der Waals surface area contributed by atoms with Crippen LogP contribution in [-0.2, 0) is 0 Å². The monoisotopic (exact) mass is 287 g/mol. The highest BCUT2D eigenvalue weighted by Gasteiger charge is 2.19. The van der Waals surface area contributed by atoms with Gasteiger partial charge < -0.3 is 10.2 Å². The van der Waals surface area contributed by atoms with Crippen molar-refractivity contribution in [1.82, 2.24) is 5.43 Å². The van der Waals surface area contributed by atoms with Crippen molar-refractivity contribution in [2.24, 2.45) is 5.84 Å². The molecule has 1 atom stereocenters. The van der Waals surface area contributed by atoms with Crippen molar-refractivity contribution in [3.63, 3.8) is 0 Å². The molecule has 20 heavy (non-hydrogen) atoms. The lowest BCUT2D eigenvalue weighted by Gasteiger charge is -2.16. The van der Waals surface area contributed by atoms with Gasteiger partial charge in [-0.1, -0.05) is 35.9 Å². The number of anilines is 1. The van der Waals surface area contributed by atoms with Gasteiger partial charge in [-0.2, -0.15) is 0 Å². The number of fused-ring (bicyclic) bond motifs is 1. The molecule has 0 aliphatic heterocycles. The van der Waals surface area contributed by atoms with Gasteiger partial charge in [-0.05, 0) is 24.3 Å². The van der Waals surface area contributed by atoms with Crippen LogP contribution < -0.4 is 17.0 Å². The first kappa shape index (κ1) is 13.0. The van der Waals surface area contributed by atoms with Crippen LogP contribution in [0, 0.1) is 0 Å². The summed E-state index contributed by atoms with van der Waals surface area (Å²) >= 11 is 5.92. The molecule has 5 heteroatoms. The smallest absolute Gasteiger partial charge is 0.134 e. The van der Waals surface area contributed by atoms with Crippen LogP contribution in [0.15, 0.2) is 52.9 Å². The molecule has 5 N–H and O–H groups in total. The van der Waals surface area contributed by atoms with Crippen molar-refractivity contribution in [3.8, 4) is 0 Å². The summed E-state index contributed by atoms with van der Waals surface area (Å²) in [5.41, 5.74) is 11.0. The van der Waals surface area contributed by atoms with Gasteiger partial charge in [-0.3, -0.25) is 5.84 Å². The third-order valence-corrected chi connectivity index (χ3v) is 3.49. The molecule has 1 aromatic heterocycles. The van der Waals surface area contributed by atoms with Crippen molar-refractivity contribution in [1.29, 1.82) is 0 Å². The van der Waals surface area contributed by atoms with Gasteiger partial charge >= 0.3 is 0 Å². The molecule has 1 heterocycles. The number of nitrogens with two attached hydrogens (primary N) is 2. The lowest BCUT2D eigenvalue weighted by molar-refractivity contribution is 0.478. The van der Waals surface area contributed by atoms with E-state index in [1.807, 2.05) is 36.4 Å². The molecule has 3 rings (SSSR count). The zero-order valence-corrected chi connectivity index (χ0v) is 11.4. The first-order valence-corrected chi connectivity index (χ1v) is 6.56. The largest absolute Gasteiger partial charge is 0.459 e. The maximum absolute atomic E-state index is 6.01. The molecule has 3 aromatic rings. The fourth-order valence-electron chi connectivity index (χ4n) is 2.28. The molecule has 0 aliphatic rings. The van der Waals surface area contributed by atoms with E-state index in [1.165, 1.54) is 0 Å². The fraction of sp³-hybridized carbons (Fsp3) is 0.0667. The Kier molecular flexibility index (Phi) is 3.36. The molecule has 4 nitrogen and oxygen atoms in total. The molecule has 0 bridgehead atoms. The first-order chi connectivity index (χ1) is 9.69. The van der Waals surface area contributed by atoms with E-state index in [1.54, 1.807) is 12.1 Å². The molecule has 0 radical (unpaired) electrons. The van der Waals surface area contributed by atoms with Gasteiger partial charge in [0.05, 0.1) is 0 Å². The SMILES string of the molecule is NNC(c1cc2ccccc2o1)c1ccc(Cl)cc1N. The number of rotatable bonds is 3. The number of hydrogen-bond acceptors (Lipinski definition) is 4. The fourth-order valence-corrected chi connectivity index (χ4v) is 2.46. The van der Waals surface area contributed by atoms with E-state index in [-0.39, 0.29) is 6.04 Å². The summed E-state index contributed by atoms with van der Waals surface area (Å²) in [4.78, 5) is 0. The van der Waals surface area contributed by atoms with Crippen LogP contribution in [0.25, 0.3) is 11.0 Å². The van der Waals surface area contributed by atoms with Gasteiger partial charge in [0.15, 0.2) is 0 Å². The van der Waals surface area contributed by atoms with E-state index in [2.05, 4.69) is 5.43 Å². The topological polar surface area (TPSA) is 77.2 Å². The highest BCUT2D eigenvalue weighted by atomic mass is 35.5. The third-order valence-electron chi connectivity index (χ3n) is 3.26. The minimum atomic E-state index is -0.320. The minimum Gasteiger partial charge on any atom is -0.459 e. The van der Waals surface area contributed by atoms with Gasteiger partial charge in [0, 0.05) is 21.7 Å². The Balaban J connectivity index is 2.08. The van der Waals surface area contributed by atoms with Crippen molar-refractivity contribution < 1.29 is 4.42 Å². The summed E-state index contributed by atoms with van der Waals surface area (Å²) in [6.07, 6.45) is 0. The van der Waals surface area contributed by atoms with E-state index in [0.29, 0.717) is 16.5 Å². The lowest BCUT2D eigenvalue weighted by atomic mass is 10.0. The van der Waals surface area contributed by atoms with Crippen LogP contribution in [0.5, 0.6) is 0 Å². The normalized spacial score (nSPS) is 12.7. The summed E-state index contributed by atoms with van der Waals surface area (Å²) in [7, 11) is 0. The van der Waals surface area contributed by atoms with Crippen LogP contribution in [0.2, 0.25) is 5.02 Å². The number of hydrazine groups is 1. The summed E-state index contributed by atoms with van der Waals surface area (Å²) in [5.74, 6) is 6.38. The van der Waals surface area contributed by atoms with E-state index in [0.717, 1.165) is 16.5 Å². The van der Waals surface area contributed by atoms with Gasteiger partial charge in [0.2, 0.25) is 0 Å². The van der Waals surface area contributed by atoms with Crippen molar-refractivity contribution in [2.45, 2.75) is 6.04 Å². The maximum Gasteiger partial charge on any atom is 0.134 e. The Labute approximate surface area is 121 Å².